The van der Waals surface area contributed by atoms with E-state index in [1.807, 2.05) is 59.3 Å². The van der Waals surface area contributed by atoms with Crippen LogP contribution in [0.25, 0.3) is 33.9 Å². The minimum Gasteiger partial charge on any atom is -0.497 e. The number of hydrogen-bond donors (Lipinski definition) is 0. The molecule has 0 unspecified atom stereocenters. The molecule has 0 aliphatic carbocycles. The molecule has 3 heterocycles. The number of fused-ring (bicyclic) bond motifs is 3. The van der Waals surface area contributed by atoms with E-state index >= 15 is 0 Å². The van der Waals surface area contributed by atoms with E-state index in [4.69, 9.17) is 16.3 Å². The van der Waals surface area contributed by atoms with Crippen LogP contribution < -0.4 is 16.0 Å². The molecule has 9 heteroatoms. The van der Waals surface area contributed by atoms with Gasteiger partial charge in [-0.2, -0.15) is 4.98 Å². The third-order valence-electron chi connectivity index (χ3n) is 5.42. The average molecular weight is 436 g/mol. The molecule has 0 spiro atoms. The van der Waals surface area contributed by atoms with E-state index in [1.165, 1.54) is 11.6 Å². The van der Waals surface area contributed by atoms with Crippen molar-refractivity contribution in [3.63, 3.8) is 0 Å². The SMILES string of the molecule is COc1cccc(-n2c(-c3ccc(Cl)cc3)cn3c4c(=O)n(C)c(=O)n(C)c4nc23)c1. The Hall–Kier alpha value is -3.78. The molecule has 3 aromatic heterocycles. The lowest BCUT2D eigenvalue weighted by atomic mass is 10.1. The summed E-state index contributed by atoms with van der Waals surface area (Å²) in [4.78, 5) is 30.0. The zero-order chi connectivity index (χ0) is 21.9. The molecule has 156 valence electrons. The van der Waals surface area contributed by atoms with Crippen molar-refractivity contribution in [2.24, 2.45) is 14.1 Å². The highest BCUT2D eigenvalue weighted by Gasteiger charge is 2.21. The first-order valence-corrected chi connectivity index (χ1v) is 9.88. The van der Waals surface area contributed by atoms with Gasteiger partial charge in [0.2, 0.25) is 5.78 Å². The third kappa shape index (κ3) is 2.79. The molecule has 0 saturated carbocycles. The van der Waals surface area contributed by atoms with Crippen molar-refractivity contribution >= 4 is 28.5 Å². The number of rotatable bonds is 3. The van der Waals surface area contributed by atoms with Crippen molar-refractivity contribution in [3.05, 3.63) is 80.6 Å². The molecular weight excluding hydrogens is 418 g/mol. The number of nitrogens with zero attached hydrogens (tertiary/aromatic N) is 5. The predicted molar refractivity (Wildman–Crippen MR) is 120 cm³/mol. The standard InChI is InChI=1S/C22H18ClN5O3/c1-25-19-18(20(29)26(2)22(25)30)27-12-17(13-7-9-14(23)10-8-13)28(21(27)24-19)15-5-4-6-16(11-15)31-3/h4-12H,1-3H3. The summed E-state index contributed by atoms with van der Waals surface area (Å²) in [6.07, 6.45) is 1.85. The molecule has 0 aliphatic rings. The maximum absolute atomic E-state index is 13.0. The molecule has 8 nitrogen and oxygen atoms in total. The summed E-state index contributed by atoms with van der Waals surface area (Å²) in [5, 5.41) is 0.627. The minimum atomic E-state index is -0.427. The summed E-state index contributed by atoms with van der Waals surface area (Å²) in [6.45, 7) is 0. The summed E-state index contributed by atoms with van der Waals surface area (Å²) >= 11 is 6.08. The van der Waals surface area contributed by atoms with E-state index in [0.717, 1.165) is 21.5 Å². The lowest BCUT2D eigenvalue weighted by Crippen LogP contribution is -2.37. The van der Waals surface area contributed by atoms with E-state index in [2.05, 4.69) is 4.98 Å². The predicted octanol–water partition coefficient (Wildman–Crippen LogP) is 3.00. The van der Waals surface area contributed by atoms with Gasteiger partial charge >= 0.3 is 5.69 Å². The van der Waals surface area contributed by atoms with Gasteiger partial charge in [0.1, 0.15) is 5.75 Å². The van der Waals surface area contributed by atoms with Gasteiger partial charge in [0.05, 0.1) is 18.5 Å². The first-order valence-electron chi connectivity index (χ1n) is 9.50. The maximum atomic E-state index is 13.0. The van der Waals surface area contributed by atoms with Gasteiger partial charge in [0.25, 0.3) is 5.56 Å². The van der Waals surface area contributed by atoms with Crippen LogP contribution >= 0.6 is 11.6 Å². The minimum absolute atomic E-state index is 0.322. The highest BCUT2D eigenvalue weighted by atomic mass is 35.5. The van der Waals surface area contributed by atoms with Crippen LogP contribution in [0.4, 0.5) is 0 Å². The first-order chi connectivity index (χ1) is 14.9. The maximum Gasteiger partial charge on any atom is 0.332 e. The number of imidazole rings is 2. The Bertz CT molecular complexity index is 1590. The number of methoxy groups -OCH3 is 1. The lowest BCUT2D eigenvalue weighted by molar-refractivity contribution is 0.414. The van der Waals surface area contributed by atoms with E-state index in [0.29, 0.717) is 27.7 Å². The smallest absolute Gasteiger partial charge is 0.332 e. The van der Waals surface area contributed by atoms with Crippen molar-refractivity contribution in [1.29, 1.82) is 0 Å². The number of hydrogen-bond acceptors (Lipinski definition) is 4. The van der Waals surface area contributed by atoms with Gasteiger partial charge in [-0.1, -0.05) is 29.8 Å². The van der Waals surface area contributed by atoms with Gasteiger partial charge in [-0.3, -0.25) is 22.9 Å². The summed E-state index contributed by atoms with van der Waals surface area (Å²) in [7, 11) is 4.67. The molecule has 0 atom stereocenters. The summed E-state index contributed by atoms with van der Waals surface area (Å²) in [5.41, 5.74) is 2.33. The molecule has 0 bridgehead atoms. The highest BCUT2D eigenvalue weighted by molar-refractivity contribution is 6.30. The Morgan fingerprint density at radius 1 is 1.00 bits per heavy atom. The molecular formula is C22H18ClN5O3. The van der Waals surface area contributed by atoms with Crippen molar-refractivity contribution < 1.29 is 4.74 Å². The van der Waals surface area contributed by atoms with Crippen molar-refractivity contribution in [1.82, 2.24) is 23.1 Å². The normalized spacial score (nSPS) is 11.5. The third-order valence-corrected chi connectivity index (χ3v) is 5.67. The number of aryl methyl sites for hydroxylation is 1. The lowest BCUT2D eigenvalue weighted by Gasteiger charge is -2.10. The van der Waals surface area contributed by atoms with Crippen molar-refractivity contribution in [2.45, 2.75) is 0 Å². The number of ether oxygens (including phenoxy) is 1. The quantitative estimate of drug-likeness (QED) is 0.436. The molecule has 2 aromatic carbocycles. The Labute approximate surface area is 181 Å². The van der Waals surface area contributed by atoms with Crippen molar-refractivity contribution in [2.75, 3.05) is 7.11 Å². The van der Waals surface area contributed by atoms with Crippen LogP contribution in [0, 0.1) is 0 Å². The zero-order valence-electron chi connectivity index (χ0n) is 17.0. The summed E-state index contributed by atoms with van der Waals surface area (Å²) < 4.78 is 11.5. The summed E-state index contributed by atoms with van der Waals surface area (Å²) in [6, 6.07) is 15.0. The molecule has 5 aromatic rings. The van der Waals surface area contributed by atoms with E-state index in [1.54, 1.807) is 18.6 Å². The largest absolute Gasteiger partial charge is 0.497 e. The molecule has 0 aliphatic heterocycles. The molecule has 0 radical (unpaired) electrons. The van der Waals surface area contributed by atoms with E-state index < -0.39 is 11.2 Å². The molecule has 31 heavy (non-hydrogen) atoms. The van der Waals surface area contributed by atoms with Crippen LogP contribution in [0.15, 0.2) is 64.3 Å². The fraction of sp³-hybridized carbons (Fsp3) is 0.136. The second-order valence-corrected chi connectivity index (χ2v) is 7.65. The Kier molecular flexibility index (Phi) is 4.26. The van der Waals surface area contributed by atoms with Crippen LogP contribution in [-0.2, 0) is 14.1 Å². The van der Waals surface area contributed by atoms with Gasteiger partial charge in [-0.25, -0.2) is 4.79 Å². The fourth-order valence-electron chi connectivity index (χ4n) is 3.80. The monoisotopic (exact) mass is 435 g/mol. The van der Waals surface area contributed by atoms with Gasteiger partial charge in [-0.05, 0) is 24.3 Å². The van der Waals surface area contributed by atoms with Crippen LogP contribution in [0.2, 0.25) is 5.02 Å². The molecule has 0 amide bonds. The average Bonchev–Trinajstić information content (AvgIpc) is 3.33. The topological polar surface area (TPSA) is 75.5 Å². The Morgan fingerprint density at radius 2 is 1.74 bits per heavy atom. The van der Waals surface area contributed by atoms with Crippen LogP contribution in [-0.4, -0.2) is 30.2 Å². The van der Waals surface area contributed by atoms with Gasteiger partial charge in [0, 0.05) is 36.9 Å². The van der Waals surface area contributed by atoms with Crippen LogP contribution in [0.3, 0.4) is 0 Å². The van der Waals surface area contributed by atoms with E-state index in [-0.39, 0.29) is 0 Å². The summed E-state index contributed by atoms with van der Waals surface area (Å²) in [5.74, 6) is 1.19. The molecule has 0 N–H and O–H groups in total. The first kappa shape index (κ1) is 19.2. The van der Waals surface area contributed by atoms with Crippen LogP contribution in [0.5, 0.6) is 5.75 Å². The Balaban J connectivity index is 1.95. The van der Waals surface area contributed by atoms with E-state index in [9.17, 15) is 9.59 Å². The molecule has 0 fully saturated rings. The second kappa shape index (κ2) is 6.88. The molecule has 5 rings (SSSR count). The zero-order valence-corrected chi connectivity index (χ0v) is 17.8. The fourth-order valence-corrected chi connectivity index (χ4v) is 3.93. The number of halogens is 1. The second-order valence-electron chi connectivity index (χ2n) is 7.22. The van der Waals surface area contributed by atoms with Crippen molar-refractivity contribution in [3.8, 4) is 22.7 Å². The van der Waals surface area contributed by atoms with Gasteiger partial charge < -0.3 is 4.74 Å². The van der Waals surface area contributed by atoms with Crippen LogP contribution in [0.1, 0.15) is 0 Å². The van der Waals surface area contributed by atoms with Gasteiger partial charge in [-0.15, -0.1) is 0 Å². The van der Waals surface area contributed by atoms with Gasteiger partial charge in [0.15, 0.2) is 11.2 Å². The molecule has 0 saturated heterocycles. The Morgan fingerprint density at radius 3 is 2.45 bits per heavy atom. The number of aromatic nitrogens is 5. The highest BCUT2D eigenvalue weighted by Crippen LogP contribution is 2.30. The number of benzene rings is 2.